The molecule has 0 spiro atoms. The van der Waals surface area contributed by atoms with Crippen LogP contribution in [0.1, 0.15) is 34.1 Å². The van der Waals surface area contributed by atoms with Gasteiger partial charge in [-0.15, -0.1) is 0 Å². The SMILES string of the molecule is CCC(C)(C)C(=O)NC(=O)NC(C)=O. The number of carbonyl (C=O) groups is 3. The van der Waals surface area contributed by atoms with Gasteiger partial charge in [-0.3, -0.25) is 20.2 Å². The maximum absolute atomic E-state index is 11.4. The van der Waals surface area contributed by atoms with E-state index in [1.165, 1.54) is 6.92 Å². The van der Waals surface area contributed by atoms with Gasteiger partial charge >= 0.3 is 6.03 Å². The summed E-state index contributed by atoms with van der Waals surface area (Å²) in [6.45, 7) is 6.50. The van der Waals surface area contributed by atoms with Crippen molar-refractivity contribution in [3.05, 3.63) is 0 Å². The highest BCUT2D eigenvalue weighted by Gasteiger charge is 2.26. The first-order valence-corrected chi connectivity index (χ1v) is 4.42. The molecule has 5 heteroatoms. The molecule has 0 aliphatic heterocycles. The molecule has 0 fully saturated rings. The minimum absolute atomic E-state index is 0.390. The highest BCUT2D eigenvalue weighted by Crippen LogP contribution is 2.18. The molecule has 0 unspecified atom stereocenters. The summed E-state index contributed by atoms with van der Waals surface area (Å²) in [5.41, 5.74) is -0.603. The lowest BCUT2D eigenvalue weighted by Gasteiger charge is -2.20. The molecule has 2 N–H and O–H groups in total. The van der Waals surface area contributed by atoms with E-state index in [0.29, 0.717) is 6.42 Å². The van der Waals surface area contributed by atoms with Gasteiger partial charge in [0, 0.05) is 12.3 Å². The highest BCUT2D eigenvalue weighted by atomic mass is 16.2. The predicted octanol–water partition coefficient (Wildman–Crippen LogP) is 0.795. The zero-order chi connectivity index (χ0) is 11.4. The van der Waals surface area contributed by atoms with Crippen LogP contribution >= 0.6 is 0 Å². The monoisotopic (exact) mass is 200 g/mol. The highest BCUT2D eigenvalue weighted by molar-refractivity contribution is 6.02. The van der Waals surface area contributed by atoms with Gasteiger partial charge in [-0.2, -0.15) is 0 Å². The second-order valence-electron chi connectivity index (χ2n) is 3.70. The first-order chi connectivity index (χ1) is 6.29. The summed E-state index contributed by atoms with van der Waals surface area (Å²) in [6.07, 6.45) is 0.617. The quantitative estimate of drug-likeness (QED) is 0.692. The molecule has 0 aromatic carbocycles. The fourth-order valence-electron chi connectivity index (χ4n) is 0.624. The average molecular weight is 200 g/mol. The summed E-state index contributed by atoms with van der Waals surface area (Å²) in [7, 11) is 0. The molecule has 14 heavy (non-hydrogen) atoms. The van der Waals surface area contributed by atoms with Crippen LogP contribution in [0, 0.1) is 5.41 Å². The second kappa shape index (κ2) is 4.74. The zero-order valence-electron chi connectivity index (χ0n) is 8.93. The Morgan fingerprint density at radius 1 is 1.14 bits per heavy atom. The molecule has 5 nitrogen and oxygen atoms in total. The molecule has 0 aliphatic carbocycles. The molecule has 0 radical (unpaired) electrons. The second-order valence-corrected chi connectivity index (χ2v) is 3.70. The standard InChI is InChI=1S/C9H16N2O3/c1-5-9(3,4)7(13)11-8(14)10-6(2)12/h5H2,1-4H3,(H2,10,11,12,13,14). The Labute approximate surface area is 83.2 Å². The lowest BCUT2D eigenvalue weighted by Crippen LogP contribution is -2.46. The molecule has 0 heterocycles. The van der Waals surface area contributed by atoms with Crippen LogP contribution in [0.2, 0.25) is 0 Å². The van der Waals surface area contributed by atoms with E-state index in [1.807, 2.05) is 12.2 Å². The Balaban J connectivity index is 4.20. The number of hydrogen-bond donors (Lipinski definition) is 2. The van der Waals surface area contributed by atoms with Gasteiger partial charge in [0.1, 0.15) is 0 Å². The van der Waals surface area contributed by atoms with Crippen molar-refractivity contribution in [2.45, 2.75) is 34.1 Å². The number of urea groups is 1. The van der Waals surface area contributed by atoms with Crippen molar-refractivity contribution >= 4 is 17.8 Å². The van der Waals surface area contributed by atoms with E-state index in [0.717, 1.165) is 0 Å². The molecule has 0 aliphatic rings. The molecule has 0 aromatic heterocycles. The Hall–Kier alpha value is -1.39. The number of imide groups is 2. The van der Waals surface area contributed by atoms with Crippen LogP contribution < -0.4 is 10.6 Å². The van der Waals surface area contributed by atoms with Crippen molar-refractivity contribution in [3.63, 3.8) is 0 Å². The van der Waals surface area contributed by atoms with E-state index < -0.39 is 23.3 Å². The fourth-order valence-corrected chi connectivity index (χ4v) is 0.624. The van der Waals surface area contributed by atoms with Gasteiger partial charge in [0.15, 0.2) is 0 Å². The normalized spacial score (nSPS) is 10.6. The molecule has 0 saturated heterocycles. The van der Waals surface area contributed by atoms with Crippen LogP contribution in [-0.4, -0.2) is 17.8 Å². The topological polar surface area (TPSA) is 75.3 Å². The van der Waals surface area contributed by atoms with E-state index in [1.54, 1.807) is 13.8 Å². The summed E-state index contributed by atoms with van der Waals surface area (Å²) in [5, 5.41) is 4.05. The number of nitrogens with one attached hydrogen (secondary N) is 2. The third-order valence-corrected chi connectivity index (χ3v) is 2.02. The molecule has 4 amide bonds. The van der Waals surface area contributed by atoms with Gasteiger partial charge in [0.05, 0.1) is 0 Å². The molecule has 0 rings (SSSR count). The number of hydrogen-bond acceptors (Lipinski definition) is 3. The molecule has 0 saturated carbocycles. The lowest BCUT2D eigenvalue weighted by atomic mass is 9.89. The van der Waals surface area contributed by atoms with Crippen molar-refractivity contribution in [1.82, 2.24) is 10.6 Å². The van der Waals surface area contributed by atoms with Crippen molar-refractivity contribution in [2.24, 2.45) is 5.41 Å². The van der Waals surface area contributed by atoms with Gasteiger partial charge in [-0.1, -0.05) is 20.8 Å². The first kappa shape index (κ1) is 12.6. The van der Waals surface area contributed by atoms with Crippen molar-refractivity contribution in [1.29, 1.82) is 0 Å². The molecule has 0 aromatic rings. The van der Waals surface area contributed by atoms with Crippen LogP contribution in [0.5, 0.6) is 0 Å². The zero-order valence-corrected chi connectivity index (χ0v) is 8.93. The maximum Gasteiger partial charge on any atom is 0.328 e. The molecule has 80 valence electrons. The Morgan fingerprint density at radius 2 is 1.64 bits per heavy atom. The molecule has 0 bridgehead atoms. The predicted molar refractivity (Wildman–Crippen MR) is 51.4 cm³/mol. The lowest BCUT2D eigenvalue weighted by molar-refractivity contribution is -0.128. The largest absolute Gasteiger partial charge is 0.328 e. The van der Waals surface area contributed by atoms with Gasteiger partial charge in [0.2, 0.25) is 11.8 Å². The van der Waals surface area contributed by atoms with Gasteiger partial charge in [0.25, 0.3) is 0 Å². The van der Waals surface area contributed by atoms with Crippen LogP contribution in [-0.2, 0) is 9.59 Å². The van der Waals surface area contributed by atoms with E-state index in [4.69, 9.17) is 0 Å². The van der Waals surface area contributed by atoms with Gasteiger partial charge < -0.3 is 0 Å². The number of carbonyl (C=O) groups excluding carboxylic acids is 3. The summed E-state index contributed by atoms with van der Waals surface area (Å²) < 4.78 is 0. The Kier molecular flexibility index (Phi) is 4.27. The molecular weight excluding hydrogens is 184 g/mol. The summed E-state index contributed by atoms with van der Waals surface area (Å²) in [5.74, 6) is -0.886. The summed E-state index contributed by atoms with van der Waals surface area (Å²) in [6, 6.07) is -0.774. The average Bonchev–Trinajstić information content (AvgIpc) is 2.02. The van der Waals surface area contributed by atoms with Crippen LogP contribution in [0.25, 0.3) is 0 Å². The van der Waals surface area contributed by atoms with E-state index in [-0.39, 0.29) is 0 Å². The van der Waals surface area contributed by atoms with E-state index in [9.17, 15) is 14.4 Å². The fraction of sp³-hybridized carbons (Fsp3) is 0.667. The van der Waals surface area contributed by atoms with Crippen LogP contribution in [0.3, 0.4) is 0 Å². The van der Waals surface area contributed by atoms with Gasteiger partial charge in [-0.05, 0) is 6.42 Å². The minimum atomic E-state index is -0.774. The smallest absolute Gasteiger partial charge is 0.278 e. The molecular formula is C9H16N2O3. The van der Waals surface area contributed by atoms with Crippen molar-refractivity contribution < 1.29 is 14.4 Å². The van der Waals surface area contributed by atoms with E-state index in [2.05, 4.69) is 5.32 Å². The van der Waals surface area contributed by atoms with Crippen molar-refractivity contribution in [3.8, 4) is 0 Å². The van der Waals surface area contributed by atoms with Crippen LogP contribution in [0.4, 0.5) is 4.79 Å². The Morgan fingerprint density at radius 3 is 2.00 bits per heavy atom. The first-order valence-electron chi connectivity index (χ1n) is 4.42. The third kappa shape index (κ3) is 4.02. The Bertz CT molecular complexity index is 259. The summed E-state index contributed by atoms with van der Waals surface area (Å²) in [4.78, 5) is 32.8. The third-order valence-electron chi connectivity index (χ3n) is 2.02. The van der Waals surface area contributed by atoms with Crippen molar-refractivity contribution in [2.75, 3.05) is 0 Å². The van der Waals surface area contributed by atoms with E-state index >= 15 is 0 Å². The maximum atomic E-state index is 11.4. The molecule has 0 atom stereocenters. The number of amides is 4. The summed E-state index contributed by atoms with van der Waals surface area (Å²) >= 11 is 0. The van der Waals surface area contributed by atoms with Gasteiger partial charge in [-0.25, -0.2) is 4.79 Å². The van der Waals surface area contributed by atoms with Crippen LogP contribution in [0.15, 0.2) is 0 Å². The number of rotatable bonds is 2. The minimum Gasteiger partial charge on any atom is -0.278 e.